The van der Waals surface area contributed by atoms with Crippen LogP contribution in [0.15, 0.2) is 17.2 Å². The molecule has 0 aliphatic rings. The number of hydrogen-bond acceptors (Lipinski definition) is 4. The van der Waals surface area contributed by atoms with Gasteiger partial charge in [0.05, 0.1) is 0 Å². The molecular formula is C11H12N4O3. The molecule has 0 unspecified atom stereocenters. The van der Waals surface area contributed by atoms with E-state index in [9.17, 15) is 9.59 Å². The Labute approximate surface area is 102 Å². The molecule has 0 saturated heterocycles. The van der Waals surface area contributed by atoms with Gasteiger partial charge in [-0.05, 0) is 13.3 Å². The molecule has 0 bridgehead atoms. The normalized spacial score (nSPS) is 10.5. The lowest BCUT2D eigenvalue weighted by atomic mass is 10.1. The van der Waals surface area contributed by atoms with Crippen LogP contribution in [0.3, 0.4) is 0 Å². The van der Waals surface area contributed by atoms with E-state index in [0.717, 1.165) is 0 Å². The minimum absolute atomic E-state index is 0.0916. The van der Waals surface area contributed by atoms with E-state index in [2.05, 4.69) is 19.9 Å². The number of carbonyl (C=O) groups is 1. The van der Waals surface area contributed by atoms with Crippen LogP contribution in [0.4, 0.5) is 0 Å². The zero-order valence-electron chi connectivity index (χ0n) is 9.73. The maximum absolute atomic E-state index is 11.8. The van der Waals surface area contributed by atoms with E-state index in [-0.39, 0.29) is 18.4 Å². The van der Waals surface area contributed by atoms with Crippen LogP contribution in [0.1, 0.15) is 17.7 Å². The fourth-order valence-corrected chi connectivity index (χ4v) is 1.64. The Balaban J connectivity index is 2.35. The van der Waals surface area contributed by atoms with E-state index in [1.165, 1.54) is 0 Å². The highest BCUT2D eigenvalue weighted by Gasteiger charge is 2.11. The summed E-state index contributed by atoms with van der Waals surface area (Å²) in [5, 5.41) is 8.61. The average Bonchev–Trinajstić information content (AvgIpc) is 2.80. The maximum Gasteiger partial charge on any atom is 0.303 e. The van der Waals surface area contributed by atoms with Crippen LogP contribution in [0, 0.1) is 6.92 Å². The molecule has 0 spiro atoms. The topological polar surface area (TPSA) is 112 Å². The first-order valence-corrected chi connectivity index (χ1v) is 5.39. The molecule has 0 atom stereocenters. The quantitative estimate of drug-likeness (QED) is 0.728. The number of aromatic nitrogens is 4. The van der Waals surface area contributed by atoms with E-state index >= 15 is 0 Å². The van der Waals surface area contributed by atoms with Crippen molar-refractivity contribution in [3.8, 4) is 11.6 Å². The summed E-state index contributed by atoms with van der Waals surface area (Å²) in [5.74, 6) is -0.120. The zero-order chi connectivity index (χ0) is 13.1. The first-order valence-electron chi connectivity index (χ1n) is 5.39. The summed E-state index contributed by atoms with van der Waals surface area (Å²) in [6, 6.07) is 0. The molecule has 0 aliphatic heterocycles. The summed E-state index contributed by atoms with van der Waals surface area (Å²) < 4.78 is 0. The van der Waals surface area contributed by atoms with Gasteiger partial charge in [-0.2, -0.15) is 0 Å². The second-order valence-corrected chi connectivity index (χ2v) is 3.81. The Bertz CT molecular complexity index is 616. The smallest absolute Gasteiger partial charge is 0.303 e. The molecule has 3 N–H and O–H groups in total. The third kappa shape index (κ3) is 2.45. The van der Waals surface area contributed by atoms with Gasteiger partial charge in [-0.1, -0.05) is 0 Å². The van der Waals surface area contributed by atoms with Gasteiger partial charge in [0.15, 0.2) is 11.6 Å². The third-order valence-electron chi connectivity index (χ3n) is 2.53. The molecule has 7 nitrogen and oxygen atoms in total. The number of aliphatic carboxylic acids is 1. The molecule has 18 heavy (non-hydrogen) atoms. The summed E-state index contributed by atoms with van der Waals surface area (Å²) in [6.07, 6.45) is 3.26. The largest absolute Gasteiger partial charge is 0.481 e. The number of nitrogens with zero attached hydrogens (tertiary/aromatic N) is 2. The maximum atomic E-state index is 11.8. The van der Waals surface area contributed by atoms with Gasteiger partial charge in [-0.25, -0.2) is 9.97 Å². The molecule has 94 valence electrons. The van der Waals surface area contributed by atoms with Crippen molar-refractivity contribution in [3.05, 3.63) is 34.0 Å². The van der Waals surface area contributed by atoms with Crippen molar-refractivity contribution in [2.24, 2.45) is 0 Å². The number of carboxylic acid groups (broad SMARTS) is 1. The van der Waals surface area contributed by atoms with Crippen molar-refractivity contribution in [2.45, 2.75) is 19.8 Å². The van der Waals surface area contributed by atoms with Crippen molar-refractivity contribution in [2.75, 3.05) is 0 Å². The Kier molecular flexibility index (Phi) is 3.22. The van der Waals surface area contributed by atoms with Crippen LogP contribution in [-0.2, 0) is 11.2 Å². The van der Waals surface area contributed by atoms with E-state index in [0.29, 0.717) is 22.9 Å². The number of H-pyrrole nitrogens is 2. The summed E-state index contributed by atoms with van der Waals surface area (Å²) in [6.45, 7) is 1.68. The average molecular weight is 248 g/mol. The highest BCUT2D eigenvalue weighted by molar-refractivity contribution is 5.67. The Morgan fingerprint density at radius 2 is 2.22 bits per heavy atom. The molecule has 0 saturated carbocycles. The fraction of sp³-hybridized carbons (Fsp3) is 0.273. The van der Waals surface area contributed by atoms with Crippen LogP contribution in [0.2, 0.25) is 0 Å². The fourth-order valence-electron chi connectivity index (χ4n) is 1.64. The molecule has 0 amide bonds. The summed E-state index contributed by atoms with van der Waals surface area (Å²) in [7, 11) is 0. The van der Waals surface area contributed by atoms with Gasteiger partial charge < -0.3 is 15.1 Å². The molecule has 7 heteroatoms. The Morgan fingerprint density at radius 3 is 2.78 bits per heavy atom. The lowest BCUT2D eigenvalue weighted by Crippen LogP contribution is -2.18. The highest BCUT2D eigenvalue weighted by atomic mass is 16.4. The van der Waals surface area contributed by atoms with Gasteiger partial charge in [0.25, 0.3) is 5.56 Å². The summed E-state index contributed by atoms with van der Waals surface area (Å²) >= 11 is 0. The molecule has 2 heterocycles. The van der Waals surface area contributed by atoms with Gasteiger partial charge in [0.2, 0.25) is 0 Å². The minimum Gasteiger partial charge on any atom is -0.481 e. The second-order valence-electron chi connectivity index (χ2n) is 3.81. The van der Waals surface area contributed by atoms with Crippen LogP contribution in [0.5, 0.6) is 0 Å². The number of rotatable bonds is 4. The number of imidazole rings is 1. The summed E-state index contributed by atoms with van der Waals surface area (Å²) in [4.78, 5) is 36.0. The second kappa shape index (κ2) is 4.82. The molecule has 0 aliphatic carbocycles. The zero-order valence-corrected chi connectivity index (χ0v) is 9.73. The molecule has 0 fully saturated rings. The number of hydrogen-bond donors (Lipinski definition) is 3. The van der Waals surface area contributed by atoms with E-state index < -0.39 is 5.97 Å². The van der Waals surface area contributed by atoms with Crippen molar-refractivity contribution in [1.82, 2.24) is 19.9 Å². The highest BCUT2D eigenvalue weighted by Crippen LogP contribution is 2.09. The first-order chi connectivity index (χ1) is 8.58. The van der Waals surface area contributed by atoms with Crippen LogP contribution >= 0.6 is 0 Å². The molecule has 0 radical (unpaired) electrons. The molecule has 2 aromatic rings. The third-order valence-corrected chi connectivity index (χ3v) is 2.53. The Hall–Kier alpha value is -2.44. The van der Waals surface area contributed by atoms with Gasteiger partial charge in [0.1, 0.15) is 0 Å². The van der Waals surface area contributed by atoms with Crippen LogP contribution in [-0.4, -0.2) is 31.0 Å². The predicted molar refractivity (Wildman–Crippen MR) is 63.1 cm³/mol. The predicted octanol–water partition coefficient (Wildman–Crippen LogP) is 0.486. The van der Waals surface area contributed by atoms with E-state index in [1.807, 2.05) is 0 Å². The van der Waals surface area contributed by atoms with Crippen molar-refractivity contribution in [1.29, 1.82) is 0 Å². The minimum atomic E-state index is -0.941. The van der Waals surface area contributed by atoms with Gasteiger partial charge >= 0.3 is 5.97 Å². The van der Waals surface area contributed by atoms with Crippen LogP contribution < -0.4 is 5.56 Å². The standard InChI is InChI=1S/C11H12N4O3/c1-6-7(2-3-8(16)17)11(18)15-10(14-6)9-12-4-5-13-9/h4-5H,2-3H2,1H3,(H,12,13)(H,16,17)(H,14,15,18). The molecule has 2 aromatic heterocycles. The monoisotopic (exact) mass is 248 g/mol. The van der Waals surface area contributed by atoms with Crippen molar-refractivity contribution < 1.29 is 9.90 Å². The van der Waals surface area contributed by atoms with E-state index in [4.69, 9.17) is 5.11 Å². The molecule has 2 rings (SSSR count). The van der Waals surface area contributed by atoms with Crippen molar-refractivity contribution >= 4 is 5.97 Å². The van der Waals surface area contributed by atoms with Crippen molar-refractivity contribution in [3.63, 3.8) is 0 Å². The summed E-state index contributed by atoms with van der Waals surface area (Å²) in [5.41, 5.74) is 0.592. The lowest BCUT2D eigenvalue weighted by Gasteiger charge is -2.04. The van der Waals surface area contributed by atoms with E-state index in [1.54, 1.807) is 19.3 Å². The number of aryl methyl sites for hydroxylation is 1. The first kappa shape index (κ1) is 12.0. The van der Waals surface area contributed by atoms with Gasteiger partial charge in [0, 0.05) is 30.1 Å². The number of nitrogens with one attached hydrogen (secondary N) is 2. The molecule has 0 aromatic carbocycles. The molecular weight excluding hydrogens is 236 g/mol. The van der Waals surface area contributed by atoms with Crippen LogP contribution in [0.25, 0.3) is 11.6 Å². The number of carboxylic acids is 1. The van der Waals surface area contributed by atoms with Gasteiger partial charge in [-0.3, -0.25) is 9.59 Å². The Morgan fingerprint density at radius 1 is 1.44 bits per heavy atom. The number of aromatic amines is 2. The lowest BCUT2D eigenvalue weighted by molar-refractivity contribution is -0.136. The van der Waals surface area contributed by atoms with Gasteiger partial charge in [-0.15, -0.1) is 0 Å². The SMILES string of the molecule is Cc1nc(-c2ncc[nH]2)[nH]c(=O)c1CCC(=O)O.